The fraction of sp³-hybridized carbons (Fsp3) is 0.364. The van der Waals surface area contributed by atoms with Crippen LogP contribution in [0.5, 0.6) is 5.75 Å². The van der Waals surface area contributed by atoms with Crippen LogP contribution in [-0.4, -0.2) is 75.8 Å². The molecule has 0 radical (unpaired) electrons. The first kappa shape index (κ1) is 22.9. The molecule has 1 aliphatic heterocycles. The lowest BCUT2D eigenvalue weighted by atomic mass is 10.2. The number of nitrogens with zero attached hydrogens (tertiary/aromatic N) is 2. The Labute approximate surface area is 182 Å². The zero-order valence-corrected chi connectivity index (χ0v) is 18.4. The van der Waals surface area contributed by atoms with E-state index in [1.165, 1.54) is 30.5 Å². The first-order valence-corrected chi connectivity index (χ1v) is 11.4. The Morgan fingerprint density at radius 1 is 0.968 bits per heavy atom. The predicted octanol–water partition coefficient (Wildman–Crippen LogP) is 2.06. The average molecular weight is 447 g/mol. The fourth-order valence-corrected chi connectivity index (χ4v) is 4.78. The number of Topliss-reactive ketones (excluding diaryl/α,β-unsaturated/α-hetero) is 1. The van der Waals surface area contributed by atoms with Gasteiger partial charge in [-0.3, -0.25) is 9.69 Å². The summed E-state index contributed by atoms with van der Waals surface area (Å²) in [4.78, 5) is 25.3. The minimum absolute atomic E-state index is 0.146. The number of hydrogen-bond acceptors (Lipinski definition) is 7. The van der Waals surface area contributed by atoms with Crippen molar-refractivity contribution < 1.29 is 27.5 Å². The van der Waals surface area contributed by atoms with Crippen LogP contribution in [0, 0.1) is 0 Å². The van der Waals surface area contributed by atoms with Crippen molar-refractivity contribution in [3.8, 4) is 5.75 Å². The third-order valence-electron chi connectivity index (χ3n) is 5.16. The number of carbonyl (C=O) groups is 2. The van der Waals surface area contributed by atoms with Crippen LogP contribution in [0.25, 0.3) is 0 Å². The molecule has 9 heteroatoms. The molecule has 0 aliphatic carbocycles. The maximum atomic E-state index is 12.9. The zero-order chi connectivity index (χ0) is 22.4. The molecule has 1 fully saturated rings. The van der Waals surface area contributed by atoms with E-state index in [1.807, 2.05) is 0 Å². The van der Waals surface area contributed by atoms with Gasteiger partial charge in [0.2, 0.25) is 10.0 Å². The number of carbonyl (C=O) groups excluding carboxylic acids is 2. The van der Waals surface area contributed by atoms with Gasteiger partial charge in [-0.2, -0.15) is 4.31 Å². The molecule has 1 aliphatic rings. The summed E-state index contributed by atoms with van der Waals surface area (Å²) in [6.07, 6.45) is 0. The van der Waals surface area contributed by atoms with Crippen LogP contribution in [0.2, 0.25) is 0 Å². The average Bonchev–Trinajstić information content (AvgIpc) is 2.79. The van der Waals surface area contributed by atoms with Gasteiger partial charge in [0.15, 0.2) is 5.78 Å². The predicted molar refractivity (Wildman–Crippen MR) is 115 cm³/mol. The normalized spacial score (nSPS) is 15.4. The van der Waals surface area contributed by atoms with Crippen LogP contribution in [0.4, 0.5) is 0 Å². The monoisotopic (exact) mass is 446 g/mol. The Morgan fingerprint density at radius 3 is 2.26 bits per heavy atom. The molecule has 1 heterocycles. The van der Waals surface area contributed by atoms with Crippen molar-refractivity contribution >= 4 is 21.8 Å². The van der Waals surface area contributed by atoms with E-state index in [1.54, 1.807) is 36.4 Å². The largest absolute Gasteiger partial charge is 0.492 e. The molecule has 2 aromatic rings. The number of benzene rings is 2. The van der Waals surface area contributed by atoms with Gasteiger partial charge in [-0.1, -0.05) is 12.1 Å². The van der Waals surface area contributed by atoms with E-state index < -0.39 is 16.0 Å². The first-order chi connectivity index (χ1) is 14.8. The number of ether oxygens (including phenoxy) is 2. The van der Waals surface area contributed by atoms with Crippen LogP contribution < -0.4 is 4.74 Å². The van der Waals surface area contributed by atoms with Gasteiger partial charge >= 0.3 is 5.97 Å². The van der Waals surface area contributed by atoms with Crippen LogP contribution in [0.3, 0.4) is 0 Å². The second-order valence-electron chi connectivity index (χ2n) is 7.19. The Morgan fingerprint density at radius 2 is 1.65 bits per heavy atom. The number of rotatable bonds is 8. The molecule has 0 atom stereocenters. The van der Waals surface area contributed by atoms with Gasteiger partial charge in [0.25, 0.3) is 0 Å². The summed E-state index contributed by atoms with van der Waals surface area (Å²) in [5.41, 5.74) is 0.845. The van der Waals surface area contributed by atoms with Gasteiger partial charge in [0, 0.05) is 38.3 Å². The SMILES string of the molecule is COC(=O)c1ccc(OCCN2CCN(S(=O)(=O)c3cccc(C(C)=O)c3)CC2)cc1. The first-order valence-electron chi connectivity index (χ1n) is 9.96. The smallest absolute Gasteiger partial charge is 0.337 e. The molecule has 0 amide bonds. The Balaban J connectivity index is 1.49. The lowest BCUT2D eigenvalue weighted by Crippen LogP contribution is -2.49. The quantitative estimate of drug-likeness (QED) is 0.453. The third-order valence-corrected chi connectivity index (χ3v) is 7.06. The number of sulfonamides is 1. The lowest BCUT2D eigenvalue weighted by molar-refractivity contribution is 0.0600. The summed E-state index contributed by atoms with van der Waals surface area (Å²) in [5, 5.41) is 0. The van der Waals surface area contributed by atoms with Gasteiger partial charge in [-0.15, -0.1) is 0 Å². The molecule has 0 unspecified atom stereocenters. The van der Waals surface area contributed by atoms with Crippen molar-refractivity contribution in [3.05, 3.63) is 59.7 Å². The standard InChI is InChI=1S/C22H26N2O6S/c1-17(25)19-4-3-5-21(16-19)31(27,28)24-12-10-23(11-13-24)14-15-30-20-8-6-18(7-9-20)22(26)29-2/h3-9,16H,10-15H2,1-2H3. The molecule has 0 N–H and O–H groups in total. The van der Waals surface area contributed by atoms with Crippen molar-refractivity contribution in [1.82, 2.24) is 9.21 Å². The molecule has 0 bridgehead atoms. The molecule has 0 saturated carbocycles. The number of esters is 1. The summed E-state index contributed by atoms with van der Waals surface area (Å²) in [7, 11) is -2.30. The van der Waals surface area contributed by atoms with E-state index in [-0.39, 0.29) is 10.7 Å². The highest BCUT2D eigenvalue weighted by Gasteiger charge is 2.28. The van der Waals surface area contributed by atoms with Crippen molar-refractivity contribution in [2.75, 3.05) is 46.4 Å². The molecule has 2 aromatic carbocycles. The molecule has 0 aromatic heterocycles. The second kappa shape index (κ2) is 10.0. The van der Waals surface area contributed by atoms with Crippen molar-refractivity contribution in [2.45, 2.75) is 11.8 Å². The number of hydrogen-bond donors (Lipinski definition) is 0. The molecule has 166 valence electrons. The Kier molecular flexibility index (Phi) is 7.42. The maximum absolute atomic E-state index is 12.9. The Hall–Kier alpha value is -2.75. The molecular formula is C22H26N2O6S. The zero-order valence-electron chi connectivity index (χ0n) is 17.6. The van der Waals surface area contributed by atoms with E-state index in [4.69, 9.17) is 4.74 Å². The van der Waals surface area contributed by atoms with Crippen LogP contribution in [-0.2, 0) is 14.8 Å². The Bertz CT molecular complexity index is 1030. The summed E-state index contributed by atoms with van der Waals surface area (Å²) in [6.45, 7) is 4.46. The minimum atomic E-state index is -3.63. The van der Waals surface area contributed by atoms with Gasteiger partial charge in [-0.05, 0) is 43.3 Å². The van der Waals surface area contributed by atoms with E-state index in [9.17, 15) is 18.0 Å². The highest BCUT2D eigenvalue weighted by molar-refractivity contribution is 7.89. The maximum Gasteiger partial charge on any atom is 0.337 e. The highest BCUT2D eigenvalue weighted by atomic mass is 32.2. The molecular weight excluding hydrogens is 420 g/mol. The topological polar surface area (TPSA) is 93.2 Å². The third kappa shape index (κ3) is 5.69. The van der Waals surface area contributed by atoms with Gasteiger partial charge < -0.3 is 9.47 Å². The summed E-state index contributed by atoms with van der Waals surface area (Å²) in [5.74, 6) is 0.0911. The summed E-state index contributed by atoms with van der Waals surface area (Å²) in [6, 6.07) is 12.9. The van der Waals surface area contributed by atoms with E-state index in [2.05, 4.69) is 9.64 Å². The van der Waals surface area contributed by atoms with Crippen molar-refractivity contribution in [3.63, 3.8) is 0 Å². The number of methoxy groups -OCH3 is 1. The van der Waals surface area contributed by atoms with E-state index >= 15 is 0 Å². The van der Waals surface area contributed by atoms with Crippen LogP contribution >= 0.6 is 0 Å². The number of piperazine rings is 1. The lowest BCUT2D eigenvalue weighted by Gasteiger charge is -2.33. The second-order valence-corrected chi connectivity index (χ2v) is 9.13. The molecule has 8 nitrogen and oxygen atoms in total. The molecule has 0 spiro atoms. The minimum Gasteiger partial charge on any atom is -0.492 e. The fourth-order valence-electron chi connectivity index (χ4n) is 3.32. The van der Waals surface area contributed by atoms with Gasteiger partial charge in [-0.25, -0.2) is 13.2 Å². The summed E-state index contributed by atoms with van der Waals surface area (Å²) >= 11 is 0. The van der Waals surface area contributed by atoms with Crippen LogP contribution in [0.1, 0.15) is 27.6 Å². The summed E-state index contributed by atoms with van der Waals surface area (Å²) < 4.78 is 37.6. The van der Waals surface area contributed by atoms with Crippen molar-refractivity contribution in [2.24, 2.45) is 0 Å². The number of ketones is 1. The van der Waals surface area contributed by atoms with E-state index in [0.29, 0.717) is 56.2 Å². The van der Waals surface area contributed by atoms with Crippen LogP contribution in [0.15, 0.2) is 53.4 Å². The highest BCUT2D eigenvalue weighted by Crippen LogP contribution is 2.19. The van der Waals surface area contributed by atoms with Crippen molar-refractivity contribution in [1.29, 1.82) is 0 Å². The molecule has 31 heavy (non-hydrogen) atoms. The molecule has 3 rings (SSSR count). The van der Waals surface area contributed by atoms with E-state index in [0.717, 1.165) is 0 Å². The molecule has 1 saturated heterocycles. The van der Waals surface area contributed by atoms with Gasteiger partial charge in [0.1, 0.15) is 12.4 Å². The van der Waals surface area contributed by atoms with Gasteiger partial charge in [0.05, 0.1) is 17.6 Å².